The van der Waals surface area contributed by atoms with E-state index in [0.29, 0.717) is 18.5 Å². The predicted octanol–water partition coefficient (Wildman–Crippen LogP) is 2.64. The number of nitrogens with two attached hydrogens (primary N) is 1. The maximum absolute atomic E-state index is 5.71. The molecule has 0 aliphatic heterocycles. The molecule has 7 heteroatoms. The Balaban J connectivity index is 0.00000200. The lowest BCUT2D eigenvalue weighted by molar-refractivity contribution is 0.724. The average Bonchev–Trinajstić information content (AvgIpc) is 2.76. The van der Waals surface area contributed by atoms with Crippen LogP contribution in [-0.2, 0) is 0 Å². The third kappa shape index (κ3) is 5.12. The number of fused-ring (bicyclic) bond motifs is 1. The Bertz CT molecular complexity index is 534. The van der Waals surface area contributed by atoms with E-state index in [1.807, 2.05) is 32.0 Å². The molecule has 2 aromatic rings. The number of hydrogen-bond donors (Lipinski definition) is 3. The lowest BCUT2D eigenvalue weighted by atomic mass is 10.3. The van der Waals surface area contributed by atoms with Crippen molar-refractivity contribution in [1.29, 1.82) is 0 Å². The van der Waals surface area contributed by atoms with E-state index in [1.165, 1.54) is 4.70 Å². The Hall–Kier alpha value is -1.09. The van der Waals surface area contributed by atoms with Gasteiger partial charge in [0.1, 0.15) is 0 Å². The molecule has 0 bridgehead atoms. The summed E-state index contributed by atoms with van der Waals surface area (Å²) in [4.78, 5) is 8.72. The molecule has 0 radical (unpaired) electrons. The fraction of sp³-hybridized carbons (Fsp3) is 0.385. The molecule has 0 fully saturated rings. The van der Waals surface area contributed by atoms with Crippen molar-refractivity contribution in [2.75, 3.05) is 18.4 Å². The topological polar surface area (TPSA) is 75.3 Å². The number of anilines is 1. The monoisotopic (exact) mass is 405 g/mol. The summed E-state index contributed by atoms with van der Waals surface area (Å²) in [6.45, 7) is 5.41. The van der Waals surface area contributed by atoms with Crippen LogP contribution in [0.1, 0.15) is 13.8 Å². The molecule has 4 N–H and O–H groups in total. The number of halogens is 1. The highest BCUT2D eigenvalue weighted by Gasteiger charge is 2.01. The first-order valence-electron chi connectivity index (χ1n) is 6.31. The Morgan fingerprint density at radius 3 is 2.85 bits per heavy atom. The zero-order valence-corrected chi connectivity index (χ0v) is 14.7. The molecular weight excluding hydrogens is 385 g/mol. The second-order valence-corrected chi connectivity index (χ2v) is 5.51. The molecule has 1 heterocycles. The number of rotatable bonds is 5. The van der Waals surface area contributed by atoms with E-state index >= 15 is 0 Å². The molecule has 0 saturated carbocycles. The van der Waals surface area contributed by atoms with E-state index in [2.05, 4.69) is 26.7 Å². The number of hydrogen-bond acceptors (Lipinski definition) is 4. The SMILES string of the molecule is CC(C)NC(N)=NCCNc1nc2ccccc2s1.I. The highest BCUT2D eigenvalue weighted by atomic mass is 127. The Kier molecular flexibility index (Phi) is 7.00. The van der Waals surface area contributed by atoms with E-state index in [1.54, 1.807) is 11.3 Å². The van der Waals surface area contributed by atoms with Crippen LogP contribution in [0, 0.1) is 0 Å². The van der Waals surface area contributed by atoms with Crippen LogP contribution >= 0.6 is 35.3 Å². The van der Waals surface area contributed by atoms with Gasteiger partial charge in [0, 0.05) is 12.6 Å². The van der Waals surface area contributed by atoms with Gasteiger partial charge in [-0.3, -0.25) is 4.99 Å². The second kappa shape index (κ2) is 8.25. The van der Waals surface area contributed by atoms with Crippen LogP contribution in [-0.4, -0.2) is 30.1 Å². The minimum atomic E-state index is 0. The van der Waals surface area contributed by atoms with Crippen LogP contribution in [0.25, 0.3) is 10.2 Å². The maximum atomic E-state index is 5.71. The lowest BCUT2D eigenvalue weighted by Gasteiger charge is -2.08. The minimum absolute atomic E-state index is 0. The third-order valence-electron chi connectivity index (χ3n) is 2.40. The van der Waals surface area contributed by atoms with Crippen molar-refractivity contribution < 1.29 is 0 Å². The van der Waals surface area contributed by atoms with Crippen molar-refractivity contribution in [2.24, 2.45) is 10.7 Å². The first kappa shape index (κ1) is 17.0. The second-order valence-electron chi connectivity index (χ2n) is 4.48. The van der Waals surface area contributed by atoms with Gasteiger partial charge < -0.3 is 16.4 Å². The lowest BCUT2D eigenvalue weighted by Crippen LogP contribution is -2.37. The van der Waals surface area contributed by atoms with Crippen molar-refractivity contribution in [3.8, 4) is 0 Å². The molecule has 0 saturated heterocycles. The van der Waals surface area contributed by atoms with Gasteiger partial charge in [-0.05, 0) is 26.0 Å². The van der Waals surface area contributed by atoms with Crippen LogP contribution < -0.4 is 16.4 Å². The Morgan fingerprint density at radius 2 is 2.15 bits per heavy atom. The molecular formula is C13H20IN5S. The van der Waals surface area contributed by atoms with Gasteiger partial charge in [0.25, 0.3) is 0 Å². The van der Waals surface area contributed by atoms with Crippen LogP contribution in [0.15, 0.2) is 29.3 Å². The molecule has 1 aromatic heterocycles. The van der Waals surface area contributed by atoms with E-state index in [4.69, 9.17) is 5.73 Å². The van der Waals surface area contributed by atoms with Gasteiger partial charge in [0.2, 0.25) is 0 Å². The molecule has 0 unspecified atom stereocenters. The zero-order chi connectivity index (χ0) is 13.7. The molecule has 0 spiro atoms. The number of guanidine groups is 1. The maximum Gasteiger partial charge on any atom is 0.188 e. The summed E-state index contributed by atoms with van der Waals surface area (Å²) in [6, 6.07) is 8.41. The summed E-state index contributed by atoms with van der Waals surface area (Å²) in [5.74, 6) is 0.487. The molecule has 2 rings (SSSR count). The number of para-hydroxylation sites is 1. The largest absolute Gasteiger partial charge is 0.370 e. The number of benzene rings is 1. The first-order valence-corrected chi connectivity index (χ1v) is 7.12. The van der Waals surface area contributed by atoms with Gasteiger partial charge in [0.05, 0.1) is 16.8 Å². The summed E-state index contributed by atoms with van der Waals surface area (Å²) >= 11 is 1.65. The molecule has 110 valence electrons. The van der Waals surface area contributed by atoms with E-state index in [9.17, 15) is 0 Å². The fourth-order valence-electron chi connectivity index (χ4n) is 1.63. The first-order chi connectivity index (χ1) is 9.15. The zero-order valence-electron chi connectivity index (χ0n) is 11.6. The van der Waals surface area contributed by atoms with Crippen molar-refractivity contribution in [2.45, 2.75) is 19.9 Å². The third-order valence-corrected chi connectivity index (χ3v) is 3.39. The molecule has 0 aliphatic carbocycles. The summed E-state index contributed by atoms with van der Waals surface area (Å²) in [5, 5.41) is 7.23. The molecule has 0 amide bonds. The average molecular weight is 405 g/mol. The van der Waals surface area contributed by atoms with Gasteiger partial charge in [-0.1, -0.05) is 23.5 Å². The highest BCUT2D eigenvalue weighted by Crippen LogP contribution is 2.24. The fourth-order valence-corrected chi connectivity index (χ4v) is 2.52. The summed E-state index contributed by atoms with van der Waals surface area (Å²) < 4.78 is 1.19. The smallest absolute Gasteiger partial charge is 0.188 e. The number of aliphatic imine (C=N–C) groups is 1. The predicted molar refractivity (Wildman–Crippen MR) is 98.3 cm³/mol. The van der Waals surface area contributed by atoms with E-state index in [-0.39, 0.29) is 24.0 Å². The summed E-state index contributed by atoms with van der Waals surface area (Å²) in [5.41, 5.74) is 6.74. The van der Waals surface area contributed by atoms with Crippen molar-refractivity contribution >= 4 is 56.6 Å². The van der Waals surface area contributed by atoms with Crippen LogP contribution in [0.2, 0.25) is 0 Å². The van der Waals surface area contributed by atoms with Gasteiger partial charge in [-0.15, -0.1) is 24.0 Å². The molecule has 1 aromatic carbocycles. The van der Waals surface area contributed by atoms with E-state index in [0.717, 1.165) is 17.2 Å². The van der Waals surface area contributed by atoms with Gasteiger partial charge in [-0.25, -0.2) is 4.98 Å². The summed E-state index contributed by atoms with van der Waals surface area (Å²) in [7, 11) is 0. The van der Waals surface area contributed by atoms with Gasteiger partial charge >= 0.3 is 0 Å². The Morgan fingerprint density at radius 1 is 1.40 bits per heavy atom. The van der Waals surface area contributed by atoms with Crippen molar-refractivity contribution in [1.82, 2.24) is 10.3 Å². The van der Waals surface area contributed by atoms with E-state index < -0.39 is 0 Å². The van der Waals surface area contributed by atoms with Crippen molar-refractivity contribution in [3.05, 3.63) is 24.3 Å². The quantitative estimate of drug-likeness (QED) is 0.310. The summed E-state index contributed by atoms with van der Waals surface area (Å²) in [6.07, 6.45) is 0. The standard InChI is InChI=1S/C13H19N5S.HI/c1-9(2)17-12(14)15-7-8-16-13-18-10-5-3-4-6-11(10)19-13;/h3-6,9H,7-8H2,1-2H3,(H,16,18)(H3,14,15,17);1H. The minimum Gasteiger partial charge on any atom is -0.370 e. The highest BCUT2D eigenvalue weighted by molar-refractivity contribution is 14.0. The molecule has 20 heavy (non-hydrogen) atoms. The van der Waals surface area contributed by atoms with Gasteiger partial charge in [-0.2, -0.15) is 0 Å². The van der Waals surface area contributed by atoms with Crippen LogP contribution in [0.3, 0.4) is 0 Å². The molecule has 5 nitrogen and oxygen atoms in total. The Labute approximate surface area is 140 Å². The molecule has 0 atom stereocenters. The molecule has 0 aliphatic rings. The van der Waals surface area contributed by atoms with Crippen molar-refractivity contribution in [3.63, 3.8) is 0 Å². The normalized spacial score (nSPS) is 11.4. The number of nitrogens with one attached hydrogen (secondary N) is 2. The number of thiazole rings is 1. The van der Waals surface area contributed by atoms with Crippen LogP contribution in [0.4, 0.5) is 5.13 Å². The van der Waals surface area contributed by atoms with Gasteiger partial charge in [0.15, 0.2) is 11.1 Å². The van der Waals surface area contributed by atoms with Crippen LogP contribution in [0.5, 0.6) is 0 Å². The number of nitrogens with zero attached hydrogens (tertiary/aromatic N) is 2. The number of aromatic nitrogens is 1.